The van der Waals surface area contributed by atoms with E-state index in [1.807, 2.05) is 20.0 Å². The Labute approximate surface area is 211 Å². The lowest BCUT2D eigenvalue weighted by atomic mass is 10.1. The molecule has 0 aliphatic carbocycles. The van der Waals surface area contributed by atoms with Crippen LogP contribution >= 0.6 is 0 Å². The number of carbonyl (C=O) groups is 2. The van der Waals surface area contributed by atoms with Gasteiger partial charge in [-0.25, -0.2) is 18.2 Å². The molecule has 11 heteroatoms. The van der Waals surface area contributed by atoms with Crippen molar-refractivity contribution in [2.45, 2.75) is 33.3 Å². The van der Waals surface area contributed by atoms with Gasteiger partial charge in [-0.3, -0.25) is 14.0 Å². The molecule has 0 spiro atoms. The standard InChI is InChI=1S/C25H31N5O5S/c1-17-13-18(2)23(26-15-17)27-8-10-28(11-9-27)24(31)21-6-5-20(29-16-19(3)35-25(29)32)14-22(21)30-7-4-12-36(30,33)34/h5-6,13-15,19H,4,7-12,16H2,1-3H3/t19-/m0/s1. The molecule has 3 fully saturated rings. The Morgan fingerprint density at radius 1 is 1.08 bits per heavy atom. The number of sulfonamides is 1. The van der Waals surface area contributed by atoms with Crippen molar-refractivity contribution in [3.63, 3.8) is 0 Å². The number of aromatic nitrogens is 1. The van der Waals surface area contributed by atoms with Crippen LogP contribution < -0.4 is 14.1 Å². The van der Waals surface area contributed by atoms with Crippen molar-refractivity contribution in [3.8, 4) is 0 Å². The molecule has 0 unspecified atom stereocenters. The molecule has 0 saturated carbocycles. The molecule has 2 aromatic rings. The summed E-state index contributed by atoms with van der Waals surface area (Å²) < 4.78 is 32.1. The molecular formula is C25H31N5O5S. The normalized spacial score (nSPS) is 21.8. The maximum absolute atomic E-state index is 13.7. The van der Waals surface area contributed by atoms with Crippen LogP contribution in [0.4, 0.5) is 22.0 Å². The molecule has 3 aliphatic heterocycles. The van der Waals surface area contributed by atoms with Crippen molar-refractivity contribution in [2.24, 2.45) is 0 Å². The van der Waals surface area contributed by atoms with Gasteiger partial charge in [0.25, 0.3) is 5.91 Å². The van der Waals surface area contributed by atoms with Crippen LogP contribution in [0.5, 0.6) is 0 Å². The van der Waals surface area contributed by atoms with Gasteiger partial charge in [0.1, 0.15) is 11.9 Å². The second-order valence-electron chi connectivity index (χ2n) is 9.68. The van der Waals surface area contributed by atoms with E-state index in [2.05, 4.69) is 16.0 Å². The van der Waals surface area contributed by atoms with Gasteiger partial charge in [0.05, 0.1) is 23.5 Å². The van der Waals surface area contributed by atoms with Crippen molar-refractivity contribution in [2.75, 3.05) is 59.1 Å². The summed E-state index contributed by atoms with van der Waals surface area (Å²) in [5.41, 5.74) is 3.36. The number of hydrogen-bond acceptors (Lipinski definition) is 7. The lowest BCUT2D eigenvalue weighted by molar-refractivity contribution is 0.0747. The van der Waals surface area contributed by atoms with E-state index in [1.54, 1.807) is 30.0 Å². The lowest BCUT2D eigenvalue weighted by Gasteiger charge is -2.36. The molecule has 192 valence electrons. The van der Waals surface area contributed by atoms with E-state index in [0.717, 1.165) is 16.9 Å². The molecule has 5 rings (SSSR count). The maximum Gasteiger partial charge on any atom is 0.414 e. The third kappa shape index (κ3) is 4.47. The monoisotopic (exact) mass is 513 g/mol. The number of amides is 2. The largest absolute Gasteiger partial charge is 0.444 e. The number of carbonyl (C=O) groups excluding carboxylic acids is 2. The number of benzene rings is 1. The smallest absolute Gasteiger partial charge is 0.414 e. The Morgan fingerprint density at radius 3 is 2.44 bits per heavy atom. The number of cyclic esters (lactones) is 1. The minimum atomic E-state index is -3.53. The average Bonchev–Trinajstić information content (AvgIpc) is 3.38. The lowest BCUT2D eigenvalue weighted by Crippen LogP contribution is -2.49. The molecule has 3 saturated heterocycles. The number of piperazine rings is 1. The van der Waals surface area contributed by atoms with Crippen LogP contribution in [0.2, 0.25) is 0 Å². The van der Waals surface area contributed by atoms with Gasteiger partial charge in [0.2, 0.25) is 10.0 Å². The van der Waals surface area contributed by atoms with Gasteiger partial charge >= 0.3 is 6.09 Å². The number of anilines is 3. The van der Waals surface area contributed by atoms with Crippen LogP contribution in [0.25, 0.3) is 0 Å². The SMILES string of the molecule is Cc1cnc(N2CCN(C(=O)c3ccc(N4C[C@H](C)OC4=O)cc3N3CCCS3(=O)=O)CC2)c(C)c1. The van der Waals surface area contributed by atoms with Crippen molar-refractivity contribution in [1.29, 1.82) is 0 Å². The number of pyridine rings is 1. The predicted octanol–water partition coefficient (Wildman–Crippen LogP) is 2.55. The molecule has 0 radical (unpaired) electrons. The summed E-state index contributed by atoms with van der Waals surface area (Å²) in [7, 11) is -3.53. The highest BCUT2D eigenvalue weighted by molar-refractivity contribution is 7.93. The van der Waals surface area contributed by atoms with Gasteiger partial charge in [0.15, 0.2) is 0 Å². The fourth-order valence-electron chi connectivity index (χ4n) is 5.13. The van der Waals surface area contributed by atoms with E-state index in [9.17, 15) is 18.0 Å². The first-order valence-corrected chi connectivity index (χ1v) is 13.8. The van der Waals surface area contributed by atoms with E-state index in [-0.39, 0.29) is 17.8 Å². The summed E-state index contributed by atoms with van der Waals surface area (Å²) in [6.45, 7) is 8.78. The summed E-state index contributed by atoms with van der Waals surface area (Å²) in [6.07, 6.45) is 1.60. The first-order valence-electron chi connectivity index (χ1n) is 12.2. The zero-order chi connectivity index (χ0) is 25.6. The van der Waals surface area contributed by atoms with Crippen LogP contribution in [-0.2, 0) is 14.8 Å². The highest BCUT2D eigenvalue weighted by Gasteiger charge is 2.35. The van der Waals surface area contributed by atoms with Gasteiger partial charge in [-0.15, -0.1) is 0 Å². The molecule has 3 aliphatic rings. The Kier molecular flexibility index (Phi) is 6.27. The summed E-state index contributed by atoms with van der Waals surface area (Å²) in [5, 5.41) is 0. The van der Waals surface area contributed by atoms with E-state index in [4.69, 9.17) is 4.74 Å². The third-order valence-corrected chi connectivity index (χ3v) is 8.76. The fourth-order valence-corrected chi connectivity index (χ4v) is 6.70. The highest BCUT2D eigenvalue weighted by atomic mass is 32.2. The van der Waals surface area contributed by atoms with E-state index < -0.39 is 16.1 Å². The van der Waals surface area contributed by atoms with Crippen LogP contribution in [-0.4, -0.2) is 81.4 Å². The van der Waals surface area contributed by atoms with Gasteiger partial charge in [-0.1, -0.05) is 6.07 Å². The fraction of sp³-hybridized carbons (Fsp3) is 0.480. The summed E-state index contributed by atoms with van der Waals surface area (Å²) in [4.78, 5) is 35.9. The van der Waals surface area contributed by atoms with Gasteiger partial charge in [-0.2, -0.15) is 0 Å². The molecule has 1 aromatic carbocycles. The maximum atomic E-state index is 13.7. The topological polar surface area (TPSA) is 103 Å². The van der Waals surface area contributed by atoms with E-state index in [0.29, 0.717) is 62.6 Å². The van der Waals surface area contributed by atoms with Crippen LogP contribution in [0, 0.1) is 13.8 Å². The van der Waals surface area contributed by atoms with Gasteiger partial charge in [0, 0.05) is 44.6 Å². The zero-order valence-corrected chi connectivity index (χ0v) is 21.6. The molecule has 2 amide bonds. The molecular weight excluding hydrogens is 482 g/mol. The quantitative estimate of drug-likeness (QED) is 0.619. The second-order valence-corrected chi connectivity index (χ2v) is 11.7. The minimum absolute atomic E-state index is 0.0369. The van der Waals surface area contributed by atoms with Crippen molar-refractivity contribution in [3.05, 3.63) is 47.2 Å². The molecule has 1 atom stereocenters. The highest BCUT2D eigenvalue weighted by Crippen LogP contribution is 2.34. The van der Waals surface area contributed by atoms with Crippen LogP contribution in [0.1, 0.15) is 34.8 Å². The zero-order valence-electron chi connectivity index (χ0n) is 20.8. The summed E-state index contributed by atoms with van der Waals surface area (Å²) in [5.74, 6) is 0.742. The molecule has 0 N–H and O–H groups in total. The molecule has 10 nitrogen and oxygen atoms in total. The predicted molar refractivity (Wildman–Crippen MR) is 137 cm³/mol. The van der Waals surface area contributed by atoms with Gasteiger partial charge < -0.3 is 14.5 Å². The van der Waals surface area contributed by atoms with Gasteiger partial charge in [-0.05, 0) is 56.5 Å². The van der Waals surface area contributed by atoms with Crippen LogP contribution in [0.3, 0.4) is 0 Å². The number of nitrogens with zero attached hydrogens (tertiary/aromatic N) is 5. The number of hydrogen-bond donors (Lipinski definition) is 0. The first-order chi connectivity index (χ1) is 17.1. The number of aryl methyl sites for hydroxylation is 2. The Hall–Kier alpha value is -3.34. The molecule has 36 heavy (non-hydrogen) atoms. The van der Waals surface area contributed by atoms with E-state index in [1.165, 1.54) is 9.21 Å². The van der Waals surface area contributed by atoms with Crippen LogP contribution in [0.15, 0.2) is 30.5 Å². The second kappa shape index (κ2) is 9.27. The van der Waals surface area contributed by atoms with E-state index >= 15 is 0 Å². The van der Waals surface area contributed by atoms with Crippen molar-refractivity contribution in [1.82, 2.24) is 9.88 Å². The Morgan fingerprint density at radius 2 is 1.83 bits per heavy atom. The average molecular weight is 514 g/mol. The molecule has 1 aromatic heterocycles. The minimum Gasteiger partial charge on any atom is -0.444 e. The Balaban J connectivity index is 1.41. The third-order valence-electron chi connectivity index (χ3n) is 6.91. The molecule has 4 heterocycles. The summed E-state index contributed by atoms with van der Waals surface area (Å²) in [6, 6.07) is 7.05. The number of ether oxygens (including phenoxy) is 1. The van der Waals surface area contributed by atoms with Crippen molar-refractivity contribution < 1.29 is 22.7 Å². The Bertz CT molecular complexity index is 1310. The summed E-state index contributed by atoms with van der Waals surface area (Å²) >= 11 is 0. The van der Waals surface area contributed by atoms with Crippen molar-refractivity contribution >= 4 is 39.2 Å². The number of rotatable bonds is 4. The first kappa shape index (κ1) is 24.4. The molecule has 0 bridgehead atoms.